The number of carbonyl (C=O) groups is 4. The lowest BCUT2D eigenvalue weighted by atomic mass is 9.94. The number of aliphatic hydroxyl groups is 2. The van der Waals surface area contributed by atoms with E-state index < -0.39 is 67.3 Å². The van der Waals surface area contributed by atoms with Crippen molar-refractivity contribution < 1.29 is 53.1 Å². The van der Waals surface area contributed by atoms with E-state index in [1.807, 2.05) is 0 Å². The molecule has 1 saturated heterocycles. The molecule has 6 atom stereocenters. The van der Waals surface area contributed by atoms with E-state index in [-0.39, 0.29) is 0 Å². The molecule has 1 heterocycles. The van der Waals surface area contributed by atoms with Gasteiger partial charge in [0.2, 0.25) is 0 Å². The summed E-state index contributed by atoms with van der Waals surface area (Å²) in [5, 5.41) is 19.6. The maximum Gasteiger partial charge on any atom is 0.303 e. The summed E-state index contributed by atoms with van der Waals surface area (Å²) in [6, 6.07) is 0. The van der Waals surface area contributed by atoms with Crippen LogP contribution < -0.4 is 0 Å². The van der Waals surface area contributed by atoms with E-state index in [1.54, 1.807) is 0 Å². The first-order chi connectivity index (χ1) is 12.1. The van der Waals surface area contributed by atoms with Gasteiger partial charge >= 0.3 is 23.9 Å². The Morgan fingerprint density at radius 3 is 1.73 bits per heavy atom. The molecule has 0 aromatic carbocycles. The molecule has 0 spiro atoms. The number of hydrogen-bond donors (Lipinski definition) is 2. The summed E-state index contributed by atoms with van der Waals surface area (Å²) in [6.07, 6.45) is -8.93. The lowest BCUT2D eigenvalue weighted by Gasteiger charge is -2.44. The molecule has 11 nitrogen and oxygen atoms in total. The van der Waals surface area contributed by atoms with Crippen molar-refractivity contribution in [2.75, 3.05) is 6.61 Å². The van der Waals surface area contributed by atoms with Crippen LogP contribution in [0.3, 0.4) is 0 Å². The second-order valence-electron chi connectivity index (χ2n) is 5.54. The quantitative estimate of drug-likeness (QED) is 0.406. The van der Waals surface area contributed by atoms with E-state index in [0.29, 0.717) is 0 Å². The largest absolute Gasteiger partial charge is 0.457 e. The van der Waals surface area contributed by atoms with Crippen molar-refractivity contribution in [3.05, 3.63) is 0 Å². The van der Waals surface area contributed by atoms with Gasteiger partial charge in [-0.2, -0.15) is 0 Å². The van der Waals surface area contributed by atoms with Gasteiger partial charge in [-0.25, -0.2) is 0 Å². The summed E-state index contributed by atoms with van der Waals surface area (Å²) in [7, 11) is 0. The fraction of sp³-hybridized carbons (Fsp3) is 0.733. The van der Waals surface area contributed by atoms with Gasteiger partial charge in [0.25, 0.3) is 0 Å². The Labute approximate surface area is 149 Å². The molecule has 148 valence electrons. The Morgan fingerprint density at radius 2 is 1.31 bits per heavy atom. The van der Waals surface area contributed by atoms with Crippen LogP contribution in [0, 0.1) is 0 Å². The molecule has 0 aromatic heterocycles. The number of carbonyl (C=O) groups excluding carboxylic acids is 4. The molecule has 0 bridgehead atoms. The van der Waals surface area contributed by atoms with Crippen LogP contribution in [0.5, 0.6) is 0 Å². The Bertz CT molecular complexity index is 546. The summed E-state index contributed by atoms with van der Waals surface area (Å²) < 4.78 is 25.2. The van der Waals surface area contributed by atoms with Crippen LogP contribution in [0.25, 0.3) is 0 Å². The first-order valence-corrected chi connectivity index (χ1v) is 7.70. The third kappa shape index (κ3) is 5.93. The monoisotopic (exact) mass is 378 g/mol. The van der Waals surface area contributed by atoms with E-state index in [1.165, 1.54) is 0 Å². The van der Waals surface area contributed by atoms with Gasteiger partial charge in [0.05, 0.1) is 6.61 Å². The Balaban J connectivity index is 3.28. The third-order valence-electron chi connectivity index (χ3n) is 3.32. The number of hydrogen-bond acceptors (Lipinski definition) is 11. The van der Waals surface area contributed by atoms with E-state index in [2.05, 4.69) is 0 Å². The zero-order valence-electron chi connectivity index (χ0n) is 14.7. The van der Waals surface area contributed by atoms with Crippen molar-refractivity contribution in [3.63, 3.8) is 0 Å². The smallest absolute Gasteiger partial charge is 0.303 e. The zero-order valence-corrected chi connectivity index (χ0v) is 14.7. The fourth-order valence-electron chi connectivity index (χ4n) is 2.54. The number of esters is 4. The van der Waals surface area contributed by atoms with Crippen LogP contribution in [-0.2, 0) is 42.9 Å². The van der Waals surface area contributed by atoms with E-state index in [9.17, 15) is 29.4 Å². The molecule has 0 aliphatic carbocycles. The highest BCUT2D eigenvalue weighted by atomic mass is 16.7. The van der Waals surface area contributed by atoms with Crippen LogP contribution in [0.4, 0.5) is 0 Å². The number of rotatable bonds is 6. The Hall–Kier alpha value is -2.24. The molecular weight excluding hydrogens is 356 g/mol. The fourth-order valence-corrected chi connectivity index (χ4v) is 2.54. The highest BCUT2D eigenvalue weighted by Crippen LogP contribution is 2.30. The Morgan fingerprint density at radius 1 is 0.846 bits per heavy atom. The lowest BCUT2D eigenvalue weighted by Crippen LogP contribution is -2.64. The van der Waals surface area contributed by atoms with Crippen LogP contribution in [0.15, 0.2) is 0 Å². The van der Waals surface area contributed by atoms with Crippen molar-refractivity contribution in [2.45, 2.75) is 64.5 Å². The standard InChI is InChI=1S/C15H22O11/c1-6(17)22-10(5-16)11-12(23-7(2)18)13(24-8(3)19)14(15(21)26-11)25-9(4)20/h10-16,21H,5H2,1-4H3/t10-,11+,12+,13-,14-,15+/m0/s1. The minimum Gasteiger partial charge on any atom is -0.457 e. The van der Waals surface area contributed by atoms with Gasteiger partial charge in [-0.15, -0.1) is 0 Å². The second kappa shape index (κ2) is 9.46. The average molecular weight is 378 g/mol. The van der Waals surface area contributed by atoms with Crippen molar-refractivity contribution in [2.24, 2.45) is 0 Å². The van der Waals surface area contributed by atoms with Gasteiger partial charge in [-0.3, -0.25) is 19.2 Å². The predicted molar refractivity (Wildman–Crippen MR) is 80.2 cm³/mol. The minimum absolute atomic E-state index is 0.736. The lowest BCUT2D eigenvalue weighted by molar-refractivity contribution is -0.306. The second-order valence-corrected chi connectivity index (χ2v) is 5.54. The summed E-state index contributed by atoms with van der Waals surface area (Å²) in [5.74, 6) is -3.20. The molecule has 1 rings (SSSR count). The van der Waals surface area contributed by atoms with Gasteiger partial charge in [0, 0.05) is 27.7 Å². The van der Waals surface area contributed by atoms with Crippen molar-refractivity contribution in [3.8, 4) is 0 Å². The van der Waals surface area contributed by atoms with Crippen molar-refractivity contribution in [1.29, 1.82) is 0 Å². The Kier molecular flexibility index (Phi) is 7.93. The van der Waals surface area contributed by atoms with Gasteiger partial charge < -0.3 is 33.9 Å². The van der Waals surface area contributed by atoms with Crippen LogP contribution in [0.1, 0.15) is 27.7 Å². The molecule has 0 unspecified atom stereocenters. The summed E-state index contributed by atoms with van der Waals surface area (Å²) in [6.45, 7) is 3.52. The highest BCUT2D eigenvalue weighted by molar-refractivity contribution is 5.68. The molecular formula is C15H22O11. The summed E-state index contributed by atoms with van der Waals surface area (Å²) in [4.78, 5) is 45.4. The average Bonchev–Trinajstić information content (AvgIpc) is 2.49. The molecule has 0 amide bonds. The SMILES string of the molecule is CC(=O)O[C@H]1[C@H](OC(C)=O)[C@@H]([C@H](CO)OC(C)=O)O[C@@H](O)[C@H]1OC(C)=O. The first-order valence-electron chi connectivity index (χ1n) is 7.70. The van der Waals surface area contributed by atoms with Gasteiger partial charge in [0.15, 0.2) is 30.7 Å². The normalized spacial score (nSPS) is 29.2. The number of ether oxygens (including phenoxy) is 5. The highest BCUT2D eigenvalue weighted by Gasteiger charge is 2.54. The topological polar surface area (TPSA) is 155 Å². The van der Waals surface area contributed by atoms with E-state index in [0.717, 1.165) is 27.7 Å². The molecule has 0 aromatic rings. The molecule has 2 N–H and O–H groups in total. The molecule has 11 heteroatoms. The maximum atomic E-state index is 11.5. The van der Waals surface area contributed by atoms with Crippen LogP contribution in [-0.4, -0.2) is 77.5 Å². The van der Waals surface area contributed by atoms with Gasteiger partial charge in [0.1, 0.15) is 6.10 Å². The summed E-state index contributed by atoms with van der Waals surface area (Å²) in [5.41, 5.74) is 0. The molecule has 1 aliphatic rings. The molecule has 0 saturated carbocycles. The summed E-state index contributed by atoms with van der Waals surface area (Å²) >= 11 is 0. The predicted octanol–water partition coefficient (Wildman–Crippen LogP) is -1.58. The van der Waals surface area contributed by atoms with Crippen molar-refractivity contribution in [1.82, 2.24) is 0 Å². The van der Waals surface area contributed by atoms with Gasteiger partial charge in [-0.1, -0.05) is 0 Å². The molecule has 1 fully saturated rings. The third-order valence-corrected chi connectivity index (χ3v) is 3.32. The zero-order chi connectivity index (χ0) is 20.0. The molecule has 1 aliphatic heterocycles. The van der Waals surface area contributed by atoms with Gasteiger partial charge in [-0.05, 0) is 0 Å². The van der Waals surface area contributed by atoms with E-state index >= 15 is 0 Å². The maximum absolute atomic E-state index is 11.5. The number of aliphatic hydroxyl groups excluding tert-OH is 2. The van der Waals surface area contributed by atoms with E-state index in [4.69, 9.17) is 23.7 Å². The molecule has 0 radical (unpaired) electrons. The van der Waals surface area contributed by atoms with Crippen LogP contribution >= 0.6 is 0 Å². The van der Waals surface area contributed by atoms with Crippen molar-refractivity contribution >= 4 is 23.9 Å². The molecule has 26 heavy (non-hydrogen) atoms. The minimum atomic E-state index is -1.80. The van der Waals surface area contributed by atoms with Crippen LogP contribution in [0.2, 0.25) is 0 Å². The first kappa shape index (κ1) is 21.8.